The fourth-order valence-corrected chi connectivity index (χ4v) is 1.05. The van der Waals surface area contributed by atoms with Crippen LogP contribution in [0, 0.1) is 5.92 Å². The van der Waals surface area contributed by atoms with Crippen LogP contribution in [0.5, 0.6) is 0 Å². The van der Waals surface area contributed by atoms with E-state index < -0.39 is 0 Å². The van der Waals surface area contributed by atoms with E-state index in [0.29, 0.717) is 0 Å². The average Bonchev–Trinajstić information content (AvgIpc) is 1.91. The lowest BCUT2D eigenvalue weighted by atomic mass is 9.97. The van der Waals surface area contributed by atoms with Gasteiger partial charge >= 0.3 is 0 Å². The monoisotopic (exact) mass is 163 g/mol. The highest BCUT2D eigenvalue weighted by Crippen LogP contribution is 2.11. The maximum absolute atomic E-state index is 9.35. The predicted octanol–water partition coefficient (Wildman–Crippen LogP) is 1.33. The molecule has 70 valence electrons. The molecule has 3 heteroatoms. The van der Waals surface area contributed by atoms with Gasteiger partial charge in [-0.25, -0.2) is 0 Å². The van der Waals surface area contributed by atoms with Crippen LogP contribution in [-0.2, 0) is 0 Å². The molecule has 2 unspecified atom stereocenters. The molecule has 0 aliphatic rings. The highest BCUT2D eigenvalue weighted by Gasteiger charge is 2.14. The summed E-state index contributed by atoms with van der Waals surface area (Å²) in [6.07, 6.45) is 2.34. The second-order valence-electron chi connectivity index (χ2n) is 2.71. The van der Waals surface area contributed by atoms with Gasteiger partial charge in [-0.2, -0.15) is 0 Å². The molecule has 0 saturated heterocycles. The lowest BCUT2D eigenvalue weighted by Crippen LogP contribution is -2.22. The van der Waals surface area contributed by atoms with Gasteiger partial charge < -0.3 is 16.4 Å². The summed E-state index contributed by atoms with van der Waals surface area (Å²) in [6.45, 7) is 4.13. The topological polar surface area (TPSA) is 75.5 Å². The first kappa shape index (κ1) is 13.5. The Morgan fingerprint density at radius 3 is 2.09 bits per heavy atom. The Balaban J connectivity index is 0. The summed E-state index contributed by atoms with van der Waals surface area (Å²) in [5.74, 6) is 0.0833. The summed E-state index contributed by atoms with van der Waals surface area (Å²) in [5.41, 5.74) is 0. The van der Waals surface area contributed by atoms with Crippen LogP contribution in [0.3, 0.4) is 0 Å². The molecule has 0 fully saturated rings. The molecule has 0 radical (unpaired) electrons. The van der Waals surface area contributed by atoms with Crippen molar-refractivity contribution in [3.8, 4) is 0 Å². The van der Waals surface area contributed by atoms with Crippen molar-refractivity contribution in [3.05, 3.63) is 0 Å². The lowest BCUT2D eigenvalue weighted by Gasteiger charge is -2.17. The molecule has 0 amide bonds. The van der Waals surface area contributed by atoms with Crippen LogP contribution in [0.1, 0.15) is 33.1 Å². The highest BCUT2D eigenvalue weighted by atomic mass is 16.3. The van der Waals surface area contributed by atoms with Gasteiger partial charge in [0.2, 0.25) is 0 Å². The third kappa shape index (κ3) is 5.18. The summed E-state index contributed by atoms with van der Waals surface area (Å²) in [7, 11) is 0. The van der Waals surface area contributed by atoms with E-state index in [-0.39, 0.29) is 24.8 Å². The van der Waals surface area contributed by atoms with Gasteiger partial charge in [-0.3, -0.25) is 0 Å². The Morgan fingerprint density at radius 2 is 1.82 bits per heavy atom. The fraction of sp³-hybridized carbons (Fsp3) is 1.00. The van der Waals surface area contributed by atoms with Crippen LogP contribution in [0.25, 0.3) is 0 Å². The van der Waals surface area contributed by atoms with E-state index in [9.17, 15) is 5.11 Å². The molecule has 0 saturated carbocycles. The zero-order chi connectivity index (χ0) is 7.98. The van der Waals surface area contributed by atoms with E-state index in [1.165, 1.54) is 0 Å². The number of rotatable bonds is 5. The van der Waals surface area contributed by atoms with Crippen molar-refractivity contribution in [2.45, 2.75) is 39.2 Å². The molecule has 0 heterocycles. The van der Waals surface area contributed by atoms with Crippen LogP contribution in [0.15, 0.2) is 0 Å². The van der Waals surface area contributed by atoms with Crippen molar-refractivity contribution in [1.82, 2.24) is 6.15 Å². The Bertz CT molecular complexity index is 74.5. The summed E-state index contributed by atoms with van der Waals surface area (Å²) in [5, 5.41) is 18.1. The first-order chi connectivity index (χ1) is 4.76. The third-order valence-electron chi connectivity index (χ3n) is 1.89. The van der Waals surface area contributed by atoms with Gasteiger partial charge in [-0.05, 0) is 12.8 Å². The molecule has 11 heavy (non-hydrogen) atoms. The number of aliphatic hydroxyl groups is 2. The number of aliphatic hydroxyl groups excluding tert-OH is 2. The minimum atomic E-state index is -0.306. The molecule has 3 nitrogen and oxygen atoms in total. The van der Waals surface area contributed by atoms with Crippen LogP contribution >= 0.6 is 0 Å². The normalized spacial score (nSPS) is 15.3. The van der Waals surface area contributed by atoms with Gasteiger partial charge in [0.25, 0.3) is 0 Å². The number of hydrogen-bond acceptors (Lipinski definition) is 3. The number of hydrogen-bond donors (Lipinski definition) is 3. The zero-order valence-electron chi connectivity index (χ0n) is 7.58. The van der Waals surface area contributed by atoms with Crippen molar-refractivity contribution in [1.29, 1.82) is 0 Å². The Hall–Kier alpha value is -0.120. The standard InChI is InChI=1S/C8H18O2.H3N/c1-3-5-8(10)7(4-2)6-9;/h7-10H,3-6H2,1-2H3;1H3. The van der Waals surface area contributed by atoms with Gasteiger partial charge in [0, 0.05) is 12.5 Å². The van der Waals surface area contributed by atoms with Crippen molar-refractivity contribution >= 4 is 0 Å². The van der Waals surface area contributed by atoms with Crippen LogP contribution in [0.2, 0.25) is 0 Å². The van der Waals surface area contributed by atoms with E-state index in [4.69, 9.17) is 5.11 Å². The molecular formula is C8H21NO2. The SMILES string of the molecule is CCCC(O)C(CC)CO.N. The minimum Gasteiger partial charge on any atom is -0.396 e. The highest BCUT2D eigenvalue weighted by molar-refractivity contribution is 4.65. The molecule has 0 aromatic carbocycles. The van der Waals surface area contributed by atoms with Gasteiger partial charge in [0.1, 0.15) is 0 Å². The summed E-state index contributed by atoms with van der Waals surface area (Å²) < 4.78 is 0. The first-order valence-electron chi connectivity index (χ1n) is 4.05. The largest absolute Gasteiger partial charge is 0.396 e. The molecule has 0 aliphatic heterocycles. The third-order valence-corrected chi connectivity index (χ3v) is 1.89. The molecule has 0 aromatic rings. The Labute approximate surface area is 69.0 Å². The summed E-state index contributed by atoms with van der Waals surface area (Å²) in [4.78, 5) is 0. The molecule has 0 spiro atoms. The quantitative estimate of drug-likeness (QED) is 0.572. The van der Waals surface area contributed by atoms with Gasteiger partial charge in [-0.1, -0.05) is 20.3 Å². The van der Waals surface area contributed by atoms with E-state index in [0.717, 1.165) is 19.3 Å². The van der Waals surface area contributed by atoms with E-state index in [1.807, 2.05) is 13.8 Å². The Kier molecular flexibility index (Phi) is 9.77. The lowest BCUT2D eigenvalue weighted by molar-refractivity contribution is 0.0584. The van der Waals surface area contributed by atoms with E-state index in [2.05, 4.69) is 0 Å². The zero-order valence-corrected chi connectivity index (χ0v) is 7.58. The molecule has 0 rings (SSSR count). The van der Waals surface area contributed by atoms with Crippen LogP contribution in [-0.4, -0.2) is 22.9 Å². The van der Waals surface area contributed by atoms with Crippen molar-refractivity contribution < 1.29 is 10.2 Å². The summed E-state index contributed by atoms with van der Waals surface area (Å²) in [6, 6.07) is 0. The summed E-state index contributed by atoms with van der Waals surface area (Å²) >= 11 is 0. The molecule has 0 aromatic heterocycles. The van der Waals surface area contributed by atoms with E-state index in [1.54, 1.807) is 0 Å². The maximum atomic E-state index is 9.35. The van der Waals surface area contributed by atoms with Crippen molar-refractivity contribution in [2.24, 2.45) is 5.92 Å². The molecular weight excluding hydrogens is 142 g/mol. The second kappa shape index (κ2) is 7.98. The van der Waals surface area contributed by atoms with Gasteiger partial charge in [0.05, 0.1) is 6.10 Å². The second-order valence-corrected chi connectivity index (χ2v) is 2.71. The maximum Gasteiger partial charge on any atom is 0.0590 e. The van der Waals surface area contributed by atoms with Gasteiger partial charge in [-0.15, -0.1) is 0 Å². The van der Waals surface area contributed by atoms with Gasteiger partial charge in [0.15, 0.2) is 0 Å². The van der Waals surface area contributed by atoms with E-state index >= 15 is 0 Å². The average molecular weight is 163 g/mol. The predicted molar refractivity (Wildman–Crippen MR) is 46.8 cm³/mol. The first-order valence-corrected chi connectivity index (χ1v) is 4.05. The molecule has 0 bridgehead atoms. The fourth-order valence-electron chi connectivity index (χ4n) is 1.05. The van der Waals surface area contributed by atoms with Crippen molar-refractivity contribution in [2.75, 3.05) is 6.61 Å². The molecule has 2 atom stereocenters. The van der Waals surface area contributed by atoms with Crippen LogP contribution < -0.4 is 6.15 Å². The Morgan fingerprint density at radius 1 is 1.27 bits per heavy atom. The minimum absolute atomic E-state index is 0. The van der Waals surface area contributed by atoms with Crippen LogP contribution in [0.4, 0.5) is 0 Å². The molecule has 5 N–H and O–H groups in total. The molecule has 0 aliphatic carbocycles. The van der Waals surface area contributed by atoms with Crippen molar-refractivity contribution in [3.63, 3.8) is 0 Å². The smallest absolute Gasteiger partial charge is 0.0590 e.